The van der Waals surface area contributed by atoms with Crippen LogP contribution in [0.1, 0.15) is 13.3 Å². The second-order valence-corrected chi connectivity index (χ2v) is 3.96. The van der Waals surface area contributed by atoms with Gasteiger partial charge in [0.2, 0.25) is 5.91 Å². The predicted molar refractivity (Wildman–Crippen MR) is 60.6 cm³/mol. The van der Waals surface area contributed by atoms with E-state index >= 15 is 0 Å². The molecule has 0 aromatic carbocycles. The average Bonchev–Trinajstić information content (AvgIpc) is 2.15. The van der Waals surface area contributed by atoms with Crippen LogP contribution >= 0.6 is 0 Å². The monoisotopic (exact) mass is 217 g/mol. The van der Waals surface area contributed by atoms with E-state index in [0.717, 1.165) is 6.54 Å². The summed E-state index contributed by atoms with van der Waals surface area (Å²) in [5, 5.41) is 3.17. The van der Waals surface area contributed by atoms with E-state index < -0.39 is 5.54 Å². The molecule has 0 rings (SSSR count). The molecule has 15 heavy (non-hydrogen) atoms. The normalized spacial score (nSPS) is 15.3. The van der Waals surface area contributed by atoms with Gasteiger partial charge < -0.3 is 20.7 Å². The number of carbonyl (C=O) groups is 1. The standard InChI is InChI=1S/C10H23N3O2/c1-5-10(8-15-4,9(11)14)12-6-7-13(2)3/h12H,5-8H2,1-4H3,(H2,11,14). The Hall–Kier alpha value is -0.650. The Morgan fingerprint density at radius 1 is 1.53 bits per heavy atom. The van der Waals surface area contributed by atoms with Crippen LogP contribution in [-0.2, 0) is 9.53 Å². The Kier molecular flexibility index (Phi) is 6.47. The molecule has 0 aliphatic heterocycles. The van der Waals surface area contributed by atoms with Gasteiger partial charge in [0.25, 0.3) is 0 Å². The van der Waals surface area contributed by atoms with Crippen molar-refractivity contribution in [2.24, 2.45) is 5.73 Å². The molecular weight excluding hydrogens is 194 g/mol. The van der Waals surface area contributed by atoms with Crippen LogP contribution in [0.3, 0.4) is 0 Å². The molecule has 1 atom stereocenters. The van der Waals surface area contributed by atoms with Crippen LogP contribution in [0.25, 0.3) is 0 Å². The number of hydrogen-bond acceptors (Lipinski definition) is 4. The smallest absolute Gasteiger partial charge is 0.240 e. The second kappa shape index (κ2) is 6.76. The van der Waals surface area contributed by atoms with Crippen molar-refractivity contribution in [3.8, 4) is 0 Å². The number of ether oxygens (including phenoxy) is 1. The molecule has 0 radical (unpaired) electrons. The van der Waals surface area contributed by atoms with Gasteiger partial charge in [-0.25, -0.2) is 0 Å². The fraction of sp³-hybridized carbons (Fsp3) is 0.900. The van der Waals surface area contributed by atoms with Gasteiger partial charge in [-0.15, -0.1) is 0 Å². The topological polar surface area (TPSA) is 67.6 Å². The number of methoxy groups -OCH3 is 1. The molecule has 0 heterocycles. The number of carbonyl (C=O) groups excluding carboxylic acids is 1. The summed E-state index contributed by atoms with van der Waals surface area (Å²) in [6.07, 6.45) is 0.629. The molecule has 0 saturated heterocycles. The van der Waals surface area contributed by atoms with Crippen LogP contribution in [0.4, 0.5) is 0 Å². The number of hydrogen-bond donors (Lipinski definition) is 2. The van der Waals surface area contributed by atoms with Crippen molar-refractivity contribution in [2.45, 2.75) is 18.9 Å². The third-order valence-electron chi connectivity index (χ3n) is 2.49. The third kappa shape index (κ3) is 4.59. The van der Waals surface area contributed by atoms with E-state index in [2.05, 4.69) is 5.32 Å². The molecule has 0 saturated carbocycles. The van der Waals surface area contributed by atoms with Gasteiger partial charge in [0.1, 0.15) is 5.54 Å². The van der Waals surface area contributed by atoms with Crippen molar-refractivity contribution in [3.63, 3.8) is 0 Å². The Labute approximate surface area is 91.9 Å². The number of likely N-dealkylation sites (N-methyl/N-ethyl adjacent to an activating group) is 1. The highest BCUT2D eigenvalue weighted by Gasteiger charge is 2.33. The lowest BCUT2D eigenvalue weighted by Gasteiger charge is -2.30. The summed E-state index contributed by atoms with van der Waals surface area (Å²) in [6, 6.07) is 0. The Balaban J connectivity index is 4.28. The highest BCUT2D eigenvalue weighted by Crippen LogP contribution is 2.09. The van der Waals surface area contributed by atoms with Crippen LogP contribution in [-0.4, -0.2) is 57.2 Å². The molecule has 3 N–H and O–H groups in total. The van der Waals surface area contributed by atoms with Crippen molar-refractivity contribution in [1.29, 1.82) is 0 Å². The number of amides is 1. The highest BCUT2D eigenvalue weighted by atomic mass is 16.5. The number of nitrogens with two attached hydrogens (primary N) is 1. The lowest BCUT2D eigenvalue weighted by atomic mass is 9.96. The maximum absolute atomic E-state index is 11.4. The zero-order chi connectivity index (χ0) is 11.9. The van der Waals surface area contributed by atoms with E-state index in [-0.39, 0.29) is 5.91 Å². The summed E-state index contributed by atoms with van der Waals surface area (Å²) in [5.74, 6) is -0.356. The van der Waals surface area contributed by atoms with E-state index in [4.69, 9.17) is 10.5 Å². The van der Waals surface area contributed by atoms with Gasteiger partial charge in [-0.2, -0.15) is 0 Å². The molecule has 0 aliphatic rings. The van der Waals surface area contributed by atoms with E-state index in [1.54, 1.807) is 7.11 Å². The van der Waals surface area contributed by atoms with Gasteiger partial charge in [-0.1, -0.05) is 6.92 Å². The first kappa shape index (κ1) is 14.3. The first-order chi connectivity index (χ1) is 6.98. The molecule has 1 amide bonds. The lowest BCUT2D eigenvalue weighted by molar-refractivity contribution is -0.126. The minimum absolute atomic E-state index is 0.312. The minimum atomic E-state index is -0.731. The molecule has 0 aromatic rings. The summed E-state index contributed by atoms with van der Waals surface area (Å²) < 4.78 is 5.04. The van der Waals surface area contributed by atoms with Crippen molar-refractivity contribution < 1.29 is 9.53 Å². The van der Waals surface area contributed by atoms with E-state index in [0.29, 0.717) is 19.6 Å². The number of primary amides is 1. The highest BCUT2D eigenvalue weighted by molar-refractivity contribution is 5.84. The summed E-state index contributed by atoms with van der Waals surface area (Å²) in [4.78, 5) is 13.4. The molecule has 0 aromatic heterocycles. The van der Waals surface area contributed by atoms with Crippen molar-refractivity contribution in [1.82, 2.24) is 10.2 Å². The molecule has 90 valence electrons. The number of nitrogens with one attached hydrogen (secondary N) is 1. The Morgan fingerprint density at radius 3 is 2.47 bits per heavy atom. The minimum Gasteiger partial charge on any atom is -0.382 e. The largest absolute Gasteiger partial charge is 0.382 e. The molecule has 5 nitrogen and oxygen atoms in total. The van der Waals surface area contributed by atoms with E-state index in [9.17, 15) is 4.79 Å². The van der Waals surface area contributed by atoms with Gasteiger partial charge >= 0.3 is 0 Å². The zero-order valence-corrected chi connectivity index (χ0v) is 10.2. The molecule has 0 spiro atoms. The van der Waals surface area contributed by atoms with Gasteiger partial charge in [0.15, 0.2) is 0 Å². The van der Waals surface area contributed by atoms with Crippen LogP contribution < -0.4 is 11.1 Å². The van der Waals surface area contributed by atoms with Crippen LogP contribution in [0.15, 0.2) is 0 Å². The van der Waals surface area contributed by atoms with E-state index in [1.807, 2.05) is 25.9 Å². The predicted octanol–water partition coefficient (Wildman–Crippen LogP) is -0.582. The van der Waals surface area contributed by atoms with Crippen molar-refractivity contribution in [2.75, 3.05) is 40.9 Å². The molecule has 0 aliphatic carbocycles. The fourth-order valence-electron chi connectivity index (χ4n) is 1.38. The van der Waals surface area contributed by atoms with Gasteiger partial charge in [0, 0.05) is 20.2 Å². The quantitative estimate of drug-likeness (QED) is 0.571. The number of rotatable bonds is 8. The first-order valence-corrected chi connectivity index (χ1v) is 5.17. The second-order valence-electron chi connectivity index (χ2n) is 3.96. The summed E-state index contributed by atoms with van der Waals surface area (Å²) in [6.45, 7) is 3.81. The average molecular weight is 217 g/mol. The molecule has 5 heteroatoms. The molecule has 1 unspecified atom stereocenters. The van der Waals surface area contributed by atoms with Gasteiger partial charge in [0.05, 0.1) is 6.61 Å². The molecule has 0 bridgehead atoms. The SMILES string of the molecule is CCC(COC)(NCCN(C)C)C(N)=O. The Bertz CT molecular complexity index is 197. The van der Waals surface area contributed by atoms with Gasteiger partial charge in [-0.05, 0) is 20.5 Å². The first-order valence-electron chi connectivity index (χ1n) is 5.17. The Morgan fingerprint density at radius 2 is 2.13 bits per heavy atom. The third-order valence-corrected chi connectivity index (χ3v) is 2.49. The summed E-state index contributed by atoms with van der Waals surface area (Å²) >= 11 is 0. The number of nitrogens with zero attached hydrogens (tertiary/aromatic N) is 1. The zero-order valence-electron chi connectivity index (χ0n) is 10.2. The van der Waals surface area contributed by atoms with Gasteiger partial charge in [-0.3, -0.25) is 4.79 Å². The summed E-state index contributed by atoms with van der Waals surface area (Å²) in [5.41, 5.74) is 4.66. The van der Waals surface area contributed by atoms with Crippen molar-refractivity contribution in [3.05, 3.63) is 0 Å². The summed E-state index contributed by atoms with van der Waals surface area (Å²) in [7, 11) is 5.53. The van der Waals surface area contributed by atoms with Crippen LogP contribution in [0, 0.1) is 0 Å². The maximum Gasteiger partial charge on any atom is 0.240 e. The van der Waals surface area contributed by atoms with E-state index in [1.165, 1.54) is 0 Å². The molecular formula is C10H23N3O2. The van der Waals surface area contributed by atoms with Crippen molar-refractivity contribution >= 4 is 5.91 Å². The lowest BCUT2D eigenvalue weighted by Crippen LogP contribution is -2.59. The van der Waals surface area contributed by atoms with Crippen LogP contribution in [0.5, 0.6) is 0 Å². The molecule has 0 fully saturated rings. The van der Waals surface area contributed by atoms with Crippen LogP contribution in [0.2, 0.25) is 0 Å². The fourth-order valence-corrected chi connectivity index (χ4v) is 1.38. The maximum atomic E-state index is 11.4.